The number of nitrogens with zero attached hydrogens (tertiary/aromatic N) is 2. The highest BCUT2D eigenvalue weighted by Gasteiger charge is 2.15. The predicted octanol–water partition coefficient (Wildman–Crippen LogP) is 2.42. The molecule has 1 fully saturated rings. The fourth-order valence-electron chi connectivity index (χ4n) is 3.52. The van der Waals surface area contributed by atoms with E-state index < -0.39 is 9.84 Å². The molecule has 6 nitrogen and oxygen atoms in total. The molecular weight excluding hydrogens is 398 g/mol. The highest BCUT2D eigenvalue weighted by atomic mass is 32.2. The summed E-state index contributed by atoms with van der Waals surface area (Å²) >= 11 is 0. The molecule has 2 aromatic rings. The first-order chi connectivity index (χ1) is 14.4. The maximum absolute atomic E-state index is 12.5. The minimum atomic E-state index is -3.39. The lowest BCUT2D eigenvalue weighted by Crippen LogP contribution is -2.44. The second kappa shape index (κ2) is 10.7. The molecule has 0 saturated carbocycles. The monoisotopic (exact) mass is 429 g/mol. The van der Waals surface area contributed by atoms with Gasteiger partial charge in [0.1, 0.15) is 0 Å². The summed E-state index contributed by atoms with van der Waals surface area (Å²) in [5, 5.41) is 2.95. The molecule has 0 spiro atoms. The molecule has 1 aliphatic heterocycles. The Balaban J connectivity index is 1.40. The zero-order chi connectivity index (χ0) is 21.4. The van der Waals surface area contributed by atoms with Gasteiger partial charge in [-0.2, -0.15) is 0 Å². The Kier molecular flexibility index (Phi) is 8.01. The molecule has 0 atom stereocenters. The van der Waals surface area contributed by atoms with Crippen LogP contribution in [0, 0.1) is 0 Å². The Morgan fingerprint density at radius 1 is 0.933 bits per heavy atom. The van der Waals surface area contributed by atoms with Crippen LogP contribution in [0.1, 0.15) is 28.8 Å². The summed E-state index contributed by atoms with van der Waals surface area (Å²) in [6.45, 7) is 6.22. The first-order valence-electron chi connectivity index (χ1n) is 10.5. The van der Waals surface area contributed by atoms with Crippen molar-refractivity contribution in [2.24, 2.45) is 0 Å². The Morgan fingerprint density at radius 3 is 2.27 bits per heavy atom. The number of nitrogens with one attached hydrogen (secondary N) is 1. The molecule has 162 valence electrons. The Morgan fingerprint density at radius 2 is 1.60 bits per heavy atom. The van der Waals surface area contributed by atoms with Crippen molar-refractivity contribution in [3.63, 3.8) is 0 Å². The third-order valence-corrected chi connectivity index (χ3v) is 7.16. The van der Waals surface area contributed by atoms with E-state index in [0.717, 1.165) is 45.6 Å². The highest BCUT2D eigenvalue weighted by Crippen LogP contribution is 2.16. The first-order valence-corrected chi connectivity index (χ1v) is 12.2. The number of carbonyl (C=O) groups is 1. The Hall–Kier alpha value is -2.22. The molecule has 30 heavy (non-hydrogen) atoms. The molecule has 1 amide bonds. The van der Waals surface area contributed by atoms with Crippen molar-refractivity contribution >= 4 is 15.7 Å². The number of hydrogen-bond donors (Lipinski definition) is 1. The van der Waals surface area contributed by atoms with E-state index in [2.05, 4.69) is 22.2 Å². The van der Waals surface area contributed by atoms with Crippen LogP contribution in [-0.2, 0) is 15.6 Å². The van der Waals surface area contributed by atoms with Gasteiger partial charge in [0, 0.05) is 38.3 Å². The van der Waals surface area contributed by atoms with E-state index in [1.165, 1.54) is 0 Å². The molecule has 0 bridgehead atoms. The number of likely N-dealkylation sites (N-methyl/N-ethyl adjacent to an activating group) is 1. The minimum Gasteiger partial charge on any atom is -0.352 e. The third kappa shape index (κ3) is 6.65. The molecule has 2 aromatic carbocycles. The number of unbranched alkanes of at least 4 members (excludes halogenated alkanes) is 1. The fraction of sp³-hybridized carbons (Fsp3) is 0.435. The number of carbonyl (C=O) groups excluding carboxylic acids is 1. The van der Waals surface area contributed by atoms with Gasteiger partial charge in [-0.05, 0) is 56.3 Å². The number of sulfone groups is 1. The van der Waals surface area contributed by atoms with Crippen LogP contribution in [-0.4, -0.2) is 70.4 Å². The van der Waals surface area contributed by atoms with Crippen LogP contribution in [0.25, 0.3) is 0 Å². The lowest BCUT2D eigenvalue weighted by atomic mass is 10.1. The smallest absolute Gasteiger partial charge is 0.251 e. The number of benzene rings is 2. The van der Waals surface area contributed by atoms with Crippen molar-refractivity contribution in [1.82, 2.24) is 15.1 Å². The first kappa shape index (κ1) is 22.5. The lowest BCUT2D eigenvalue weighted by Gasteiger charge is -2.32. The van der Waals surface area contributed by atoms with Crippen LogP contribution in [0.2, 0.25) is 0 Å². The van der Waals surface area contributed by atoms with Crippen molar-refractivity contribution in [2.75, 3.05) is 46.3 Å². The van der Waals surface area contributed by atoms with Gasteiger partial charge >= 0.3 is 0 Å². The zero-order valence-corrected chi connectivity index (χ0v) is 18.4. The summed E-state index contributed by atoms with van der Waals surface area (Å²) in [6, 6.07) is 15.2. The van der Waals surface area contributed by atoms with Gasteiger partial charge in [0.2, 0.25) is 0 Å². The van der Waals surface area contributed by atoms with E-state index in [9.17, 15) is 13.2 Å². The number of hydrogen-bond acceptors (Lipinski definition) is 5. The van der Waals surface area contributed by atoms with Crippen LogP contribution in [0.4, 0.5) is 0 Å². The van der Waals surface area contributed by atoms with Crippen LogP contribution in [0.15, 0.2) is 59.5 Å². The second-order valence-corrected chi connectivity index (χ2v) is 9.87. The van der Waals surface area contributed by atoms with Gasteiger partial charge in [-0.25, -0.2) is 8.42 Å². The molecule has 1 heterocycles. The van der Waals surface area contributed by atoms with Gasteiger partial charge in [-0.3, -0.25) is 4.79 Å². The van der Waals surface area contributed by atoms with Gasteiger partial charge in [0.25, 0.3) is 5.91 Å². The molecule has 1 N–H and O–H groups in total. The molecule has 0 unspecified atom stereocenters. The van der Waals surface area contributed by atoms with Gasteiger partial charge in [0.15, 0.2) is 9.84 Å². The quantitative estimate of drug-likeness (QED) is 0.620. The third-order valence-electron chi connectivity index (χ3n) is 5.46. The van der Waals surface area contributed by atoms with E-state index in [-0.39, 0.29) is 11.7 Å². The van der Waals surface area contributed by atoms with Crippen molar-refractivity contribution < 1.29 is 13.2 Å². The summed E-state index contributed by atoms with van der Waals surface area (Å²) in [5.74, 6) is -0.197. The summed E-state index contributed by atoms with van der Waals surface area (Å²) in [7, 11) is -1.23. The predicted molar refractivity (Wildman–Crippen MR) is 119 cm³/mol. The van der Waals surface area contributed by atoms with Crippen LogP contribution >= 0.6 is 0 Å². The molecule has 1 saturated heterocycles. The Bertz CT molecular complexity index is 906. The molecule has 3 rings (SSSR count). The van der Waals surface area contributed by atoms with Gasteiger partial charge in [-0.15, -0.1) is 0 Å². The van der Waals surface area contributed by atoms with Crippen LogP contribution < -0.4 is 5.32 Å². The van der Waals surface area contributed by atoms with Crippen molar-refractivity contribution in [3.05, 3.63) is 65.7 Å². The summed E-state index contributed by atoms with van der Waals surface area (Å²) < 4.78 is 24.9. The van der Waals surface area contributed by atoms with E-state index in [4.69, 9.17) is 0 Å². The van der Waals surface area contributed by atoms with E-state index in [1.807, 2.05) is 0 Å². The minimum absolute atomic E-state index is 0.0782. The topological polar surface area (TPSA) is 69.7 Å². The van der Waals surface area contributed by atoms with E-state index in [1.54, 1.807) is 54.6 Å². The normalized spacial score (nSPS) is 15.8. The fourth-order valence-corrected chi connectivity index (χ4v) is 4.89. The number of rotatable bonds is 9. The van der Waals surface area contributed by atoms with Crippen LogP contribution in [0.5, 0.6) is 0 Å². The Labute approximate surface area is 179 Å². The highest BCUT2D eigenvalue weighted by molar-refractivity contribution is 7.90. The summed E-state index contributed by atoms with van der Waals surface area (Å²) in [5.41, 5.74) is 1.22. The van der Waals surface area contributed by atoms with Crippen molar-refractivity contribution in [1.29, 1.82) is 0 Å². The lowest BCUT2D eigenvalue weighted by molar-refractivity contribution is 0.0952. The van der Waals surface area contributed by atoms with E-state index >= 15 is 0 Å². The zero-order valence-electron chi connectivity index (χ0n) is 17.6. The molecule has 0 aromatic heterocycles. The maximum atomic E-state index is 12.5. The molecule has 0 aliphatic carbocycles. The second-order valence-electron chi connectivity index (χ2n) is 7.88. The SMILES string of the molecule is CN1CCN(CCCCNC(=O)c2ccc(CS(=O)(=O)c3ccccc3)cc2)CC1. The molecular formula is C23H31N3O3S. The largest absolute Gasteiger partial charge is 0.352 e. The standard InChI is InChI=1S/C23H31N3O3S/c1-25-15-17-26(18-16-25)14-6-5-13-24-23(27)21-11-9-20(10-12-21)19-30(28,29)22-7-3-2-4-8-22/h2-4,7-12H,5-6,13-19H2,1H3,(H,24,27). The van der Waals surface area contributed by atoms with Crippen LogP contribution in [0.3, 0.4) is 0 Å². The summed E-state index contributed by atoms with van der Waals surface area (Å²) in [4.78, 5) is 17.4. The number of amides is 1. The average molecular weight is 430 g/mol. The van der Waals surface area contributed by atoms with Gasteiger partial charge in [0.05, 0.1) is 10.6 Å². The molecule has 1 aliphatic rings. The maximum Gasteiger partial charge on any atom is 0.251 e. The average Bonchev–Trinajstić information content (AvgIpc) is 2.75. The van der Waals surface area contributed by atoms with E-state index in [0.29, 0.717) is 22.6 Å². The molecule has 7 heteroatoms. The van der Waals surface area contributed by atoms with Crippen molar-refractivity contribution in [2.45, 2.75) is 23.5 Å². The van der Waals surface area contributed by atoms with Gasteiger partial charge < -0.3 is 15.1 Å². The molecule has 0 radical (unpaired) electrons. The van der Waals surface area contributed by atoms with Crippen molar-refractivity contribution in [3.8, 4) is 0 Å². The van der Waals surface area contributed by atoms with Gasteiger partial charge in [-0.1, -0.05) is 30.3 Å². The number of piperazine rings is 1. The summed E-state index contributed by atoms with van der Waals surface area (Å²) in [6.07, 6.45) is 2.02.